The Morgan fingerprint density at radius 2 is 1.97 bits per heavy atom. The molecule has 2 aromatic rings. The van der Waals surface area contributed by atoms with E-state index in [1.165, 1.54) is 6.20 Å². The highest BCUT2D eigenvalue weighted by Crippen LogP contribution is 2.38. The van der Waals surface area contributed by atoms with E-state index in [1.807, 2.05) is 24.0 Å². The third-order valence-electron chi connectivity index (χ3n) is 5.95. The van der Waals surface area contributed by atoms with Crippen molar-refractivity contribution in [3.63, 3.8) is 0 Å². The Morgan fingerprint density at radius 3 is 2.67 bits per heavy atom. The zero-order valence-corrected chi connectivity index (χ0v) is 18.2. The van der Waals surface area contributed by atoms with Crippen LogP contribution in [0, 0.1) is 6.92 Å². The number of ether oxygens (including phenoxy) is 1. The van der Waals surface area contributed by atoms with Crippen molar-refractivity contribution in [2.45, 2.75) is 49.2 Å². The van der Waals surface area contributed by atoms with Gasteiger partial charge in [-0.2, -0.15) is 0 Å². The largest absolute Gasteiger partial charge is 0.488 e. The quantitative estimate of drug-likeness (QED) is 0.802. The predicted octanol–water partition coefficient (Wildman–Crippen LogP) is 3.39. The van der Waals surface area contributed by atoms with Gasteiger partial charge in [0.1, 0.15) is 6.61 Å². The summed E-state index contributed by atoms with van der Waals surface area (Å²) in [7, 11) is -1.80. The van der Waals surface area contributed by atoms with E-state index in [1.54, 1.807) is 19.2 Å². The van der Waals surface area contributed by atoms with Crippen LogP contribution < -0.4 is 15.0 Å². The molecule has 0 spiro atoms. The lowest BCUT2D eigenvalue weighted by molar-refractivity contribution is 0.0962. The topological polar surface area (TPSA) is 88.6 Å². The molecule has 4 rings (SSSR count). The Hall–Kier alpha value is -2.61. The monoisotopic (exact) mass is 429 g/mol. The van der Waals surface area contributed by atoms with Crippen LogP contribution in [0.3, 0.4) is 0 Å². The maximum Gasteiger partial charge on any atom is 0.251 e. The van der Waals surface area contributed by atoms with E-state index < -0.39 is 9.84 Å². The number of benzene rings is 1. The van der Waals surface area contributed by atoms with Gasteiger partial charge in [-0.15, -0.1) is 0 Å². The molecule has 2 aliphatic rings. The van der Waals surface area contributed by atoms with Gasteiger partial charge in [0.25, 0.3) is 5.91 Å². The summed E-state index contributed by atoms with van der Waals surface area (Å²) >= 11 is 0. The van der Waals surface area contributed by atoms with Crippen LogP contribution in [-0.4, -0.2) is 44.8 Å². The summed E-state index contributed by atoms with van der Waals surface area (Å²) in [5.41, 5.74) is 2.37. The molecular formula is C22H27N3O4S. The van der Waals surface area contributed by atoms with Crippen molar-refractivity contribution in [1.29, 1.82) is 0 Å². The number of sulfone groups is 1. The van der Waals surface area contributed by atoms with E-state index in [-0.39, 0.29) is 16.1 Å². The molecule has 1 amide bonds. The number of hydrogen-bond donors (Lipinski definition) is 1. The maximum absolute atomic E-state index is 13.1. The average Bonchev–Trinajstić information content (AvgIpc) is 2.78. The number of anilines is 2. The lowest BCUT2D eigenvalue weighted by Crippen LogP contribution is -2.30. The number of amides is 1. The molecule has 8 heteroatoms. The number of aromatic nitrogens is 1. The minimum atomic E-state index is -3.41. The normalized spacial score (nSPS) is 17.2. The Morgan fingerprint density at radius 1 is 1.20 bits per heavy atom. The number of pyridine rings is 1. The van der Waals surface area contributed by atoms with Crippen molar-refractivity contribution in [1.82, 2.24) is 10.3 Å². The smallest absolute Gasteiger partial charge is 0.251 e. The lowest BCUT2D eigenvalue weighted by Gasteiger charge is -2.31. The molecule has 1 saturated carbocycles. The summed E-state index contributed by atoms with van der Waals surface area (Å²) in [5.74, 6) is 0.944. The molecule has 30 heavy (non-hydrogen) atoms. The fourth-order valence-electron chi connectivity index (χ4n) is 4.26. The van der Waals surface area contributed by atoms with Crippen LogP contribution in [0.1, 0.15) is 48.0 Å². The van der Waals surface area contributed by atoms with Crippen LogP contribution in [0.15, 0.2) is 35.4 Å². The fourth-order valence-corrected chi connectivity index (χ4v) is 6.07. The standard InChI is InChI=1S/C22H27N3O4S/c1-15-12-16(8-9-19(15)22(26)23-2)25-10-11-29-20-13-18(14-24-21(20)25)30(27,28)17-6-4-3-5-7-17/h8-9,12-14,17H,3-7,10-11H2,1-2H3,(H,23,26). The number of nitrogens with zero attached hydrogens (tertiary/aromatic N) is 2. The van der Waals surface area contributed by atoms with Gasteiger partial charge in [0.2, 0.25) is 0 Å². The number of aryl methyl sites for hydroxylation is 1. The van der Waals surface area contributed by atoms with Crippen molar-refractivity contribution >= 4 is 27.2 Å². The van der Waals surface area contributed by atoms with Gasteiger partial charge in [-0.1, -0.05) is 19.3 Å². The Labute approximate surface area is 177 Å². The Kier molecular flexibility index (Phi) is 5.69. The molecule has 0 atom stereocenters. The third kappa shape index (κ3) is 3.76. The highest BCUT2D eigenvalue weighted by molar-refractivity contribution is 7.92. The molecule has 1 aliphatic carbocycles. The van der Waals surface area contributed by atoms with Crippen molar-refractivity contribution in [3.05, 3.63) is 41.6 Å². The number of carbonyl (C=O) groups is 1. The van der Waals surface area contributed by atoms with Crippen LogP contribution in [0.25, 0.3) is 0 Å². The first kappa shape index (κ1) is 20.7. The lowest BCUT2D eigenvalue weighted by atomic mass is 10.0. The Balaban J connectivity index is 1.65. The highest BCUT2D eigenvalue weighted by Gasteiger charge is 2.31. The average molecular weight is 430 g/mol. The van der Waals surface area contributed by atoms with Crippen molar-refractivity contribution < 1.29 is 17.9 Å². The first-order valence-electron chi connectivity index (χ1n) is 10.4. The van der Waals surface area contributed by atoms with Crippen molar-refractivity contribution in [3.8, 4) is 5.75 Å². The van der Waals surface area contributed by atoms with Crippen LogP contribution in [0.5, 0.6) is 5.75 Å². The number of carbonyl (C=O) groups excluding carboxylic acids is 1. The molecule has 1 N–H and O–H groups in total. The van der Waals surface area contributed by atoms with Crippen LogP contribution >= 0.6 is 0 Å². The molecular weight excluding hydrogens is 402 g/mol. The molecule has 1 aliphatic heterocycles. The highest BCUT2D eigenvalue weighted by atomic mass is 32.2. The van der Waals surface area contributed by atoms with Gasteiger partial charge in [-0.25, -0.2) is 13.4 Å². The van der Waals surface area contributed by atoms with E-state index in [4.69, 9.17) is 4.74 Å². The van der Waals surface area contributed by atoms with E-state index in [9.17, 15) is 13.2 Å². The molecule has 160 valence electrons. The van der Waals surface area contributed by atoms with Crippen LogP contribution in [0.4, 0.5) is 11.5 Å². The number of nitrogens with one attached hydrogen (secondary N) is 1. The van der Waals surface area contributed by atoms with Gasteiger partial charge >= 0.3 is 0 Å². The van der Waals surface area contributed by atoms with Gasteiger partial charge < -0.3 is 15.0 Å². The van der Waals surface area contributed by atoms with Crippen molar-refractivity contribution in [2.75, 3.05) is 25.1 Å². The van der Waals surface area contributed by atoms with Crippen molar-refractivity contribution in [2.24, 2.45) is 0 Å². The van der Waals surface area contributed by atoms with Gasteiger partial charge in [0.05, 0.1) is 16.7 Å². The maximum atomic E-state index is 13.1. The van der Waals surface area contributed by atoms with E-state index in [0.29, 0.717) is 43.1 Å². The second kappa shape index (κ2) is 8.26. The number of rotatable bonds is 4. The zero-order valence-electron chi connectivity index (χ0n) is 17.3. The molecule has 0 saturated heterocycles. The van der Waals surface area contributed by atoms with Crippen LogP contribution in [-0.2, 0) is 9.84 Å². The second-order valence-electron chi connectivity index (χ2n) is 7.88. The molecule has 2 heterocycles. The van der Waals surface area contributed by atoms with E-state index in [0.717, 1.165) is 30.5 Å². The SMILES string of the molecule is CNC(=O)c1ccc(N2CCOc3cc(S(=O)(=O)C4CCCCC4)cnc32)cc1C. The number of hydrogen-bond acceptors (Lipinski definition) is 6. The molecule has 1 fully saturated rings. The van der Waals surface area contributed by atoms with Crippen LogP contribution in [0.2, 0.25) is 0 Å². The Bertz CT molecular complexity index is 1060. The van der Waals surface area contributed by atoms with E-state index in [2.05, 4.69) is 10.3 Å². The number of fused-ring (bicyclic) bond motifs is 1. The first-order chi connectivity index (χ1) is 14.4. The molecule has 7 nitrogen and oxygen atoms in total. The molecule has 1 aromatic carbocycles. The summed E-state index contributed by atoms with van der Waals surface area (Å²) in [6.07, 6.45) is 5.89. The molecule has 0 radical (unpaired) electrons. The molecule has 1 aromatic heterocycles. The van der Waals surface area contributed by atoms with Gasteiger partial charge in [-0.05, 0) is 43.5 Å². The summed E-state index contributed by atoms with van der Waals surface area (Å²) in [6, 6.07) is 7.22. The second-order valence-corrected chi connectivity index (χ2v) is 10.1. The predicted molar refractivity (Wildman–Crippen MR) is 115 cm³/mol. The molecule has 0 bridgehead atoms. The third-order valence-corrected chi connectivity index (χ3v) is 8.18. The summed E-state index contributed by atoms with van der Waals surface area (Å²) in [4.78, 5) is 18.7. The summed E-state index contributed by atoms with van der Waals surface area (Å²) in [6.45, 7) is 2.91. The molecule has 0 unspecified atom stereocenters. The first-order valence-corrected chi connectivity index (χ1v) is 11.9. The van der Waals surface area contributed by atoms with Gasteiger partial charge in [-0.3, -0.25) is 4.79 Å². The minimum Gasteiger partial charge on any atom is -0.488 e. The summed E-state index contributed by atoms with van der Waals surface area (Å²) < 4.78 is 31.9. The van der Waals surface area contributed by atoms with Gasteiger partial charge in [0, 0.05) is 30.6 Å². The zero-order chi connectivity index (χ0) is 21.3. The minimum absolute atomic E-state index is 0.128. The fraction of sp³-hybridized carbons (Fsp3) is 0.455. The van der Waals surface area contributed by atoms with Gasteiger partial charge in [0.15, 0.2) is 21.4 Å². The van der Waals surface area contributed by atoms with E-state index >= 15 is 0 Å². The summed E-state index contributed by atoms with van der Waals surface area (Å²) in [5, 5.41) is 2.31.